The molecule has 18 heavy (non-hydrogen) atoms. The van der Waals surface area contributed by atoms with Crippen LogP contribution in [0.15, 0.2) is 24.3 Å². The van der Waals surface area contributed by atoms with E-state index in [1.165, 1.54) is 23.1 Å². The topological polar surface area (TPSA) is 49.8 Å². The molecule has 0 saturated carbocycles. The lowest BCUT2D eigenvalue weighted by atomic mass is 10.0. The highest BCUT2D eigenvalue weighted by atomic mass is 19.1. The van der Waals surface area contributed by atoms with Crippen LogP contribution in [0, 0.1) is 5.82 Å². The van der Waals surface area contributed by atoms with E-state index in [1.807, 2.05) is 13.8 Å². The molecule has 1 aliphatic rings. The molecule has 0 aliphatic carbocycles. The smallest absolute Gasteiger partial charge is 0.259 e. The van der Waals surface area contributed by atoms with Gasteiger partial charge < -0.3 is 14.7 Å². The highest BCUT2D eigenvalue weighted by Gasteiger charge is 2.44. The second kappa shape index (κ2) is 4.66. The average Bonchev–Trinajstić information content (AvgIpc) is 2.64. The Morgan fingerprint density at radius 2 is 2.22 bits per heavy atom. The zero-order valence-electron chi connectivity index (χ0n) is 10.4. The maximum Gasteiger partial charge on any atom is 0.259 e. The van der Waals surface area contributed by atoms with Gasteiger partial charge >= 0.3 is 0 Å². The van der Waals surface area contributed by atoms with Crippen molar-refractivity contribution in [2.75, 3.05) is 13.2 Å². The third kappa shape index (κ3) is 2.11. The molecule has 0 bridgehead atoms. The summed E-state index contributed by atoms with van der Waals surface area (Å²) in [5.41, 5.74) is -0.568. The molecule has 1 aromatic carbocycles. The van der Waals surface area contributed by atoms with Crippen LogP contribution >= 0.6 is 0 Å². The van der Waals surface area contributed by atoms with Crippen LogP contribution in [0.4, 0.5) is 4.39 Å². The predicted molar refractivity (Wildman–Crippen MR) is 63.5 cm³/mol. The van der Waals surface area contributed by atoms with Gasteiger partial charge in [-0.1, -0.05) is 12.1 Å². The van der Waals surface area contributed by atoms with E-state index in [9.17, 15) is 14.3 Å². The molecule has 1 heterocycles. The second-order valence-electron chi connectivity index (χ2n) is 4.92. The summed E-state index contributed by atoms with van der Waals surface area (Å²) in [6, 6.07) is 5.81. The Balaban J connectivity index is 2.35. The van der Waals surface area contributed by atoms with Crippen LogP contribution in [-0.2, 0) is 4.74 Å². The quantitative estimate of drug-likeness (QED) is 0.866. The van der Waals surface area contributed by atoms with Crippen LogP contribution in [-0.4, -0.2) is 40.9 Å². The Hall–Kier alpha value is -1.46. The molecule has 1 aliphatic heterocycles. The summed E-state index contributed by atoms with van der Waals surface area (Å²) in [4.78, 5) is 13.7. The number of hydrogen-bond donors (Lipinski definition) is 1. The molecular weight excluding hydrogens is 237 g/mol. The summed E-state index contributed by atoms with van der Waals surface area (Å²) < 4.78 is 19.0. The molecule has 1 aromatic rings. The highest BCUT2D eigenvalue weighted by molar-refractivity contribution is 5.95. The molecular formula is C13H16FNO3. The van der Waals surface area contributed by atoms with E-state index in [0.29, 0.717) is 6.61 Å². The molecule has 0 radical (unpaired) electrons. The molecule has 98 valence electrons. The number of aliphatic hydroxyl groups excluding tert-OH is 1. The Morgan fingerprint density at radius 1 is 1.56 bits per heavy atom. The van der Waals surface area contributed by atoms with Crippen molar-refractivity contribution in [3.05, 3.63) is 35.6 Å². The minimum absolute atomic E-state index is 0.00507. The van der Waals surface area contributed by atoms with Crippen LogP contribution in [0.1, 0.15) is 24.2 Å². The first-order valence-corrected chi connectivity index (χ1v) is 5.78. The number of nitrogens with zero attached hydrogens (tertiary/aromatic N) is 1. The lowest BCUT2D eigenvalue weighted by Crippen LogP contribution is -2.49. The summed E-state index contributed by atoms with van der Waals surface area (Å²) >= 11 is 0. The maximum absolute atomic E-state index is 13.6. The molecule has 2 rings (SSSR count). The van der Waals surface area contributed by atoms with Crippen molar-refractivity contribution in [2.24, 2.45) is 0 Å². The van der Waals surface area contributed by atoms with Gasteiger partial charge in [0.15, 0.2) is 6.23 Å². The van der Waals surface area contributed by atoms with Crippen molar-refractivity contribution in [2.45, 2.75) is 25.6 Å². The van der Waals surface area contributed by atoms with Crippen molar-refractivity contribution >= 4 is 5.91 Å². The summed E-state index contributed by atoms with van der Waals surface area (Å²) in [5, 5.41) is 9.22. The van der Waals surface area contributed by atoms with Crippen LogP contribution < -0.4 is 0 Å². The number of ether oxygens (including phenoxy) is 1. The standard InChI is InChI=1S/C13H16FNO3/c1-13(2)8-18-11(7-16)15(13)12(17)9-5-3-4-6-10(9)14/h3-6,11,16H,7-8H2,1-2H3. The van der Waals surface area contributed by atoms with E-state index >= 15 is 0 Å². The molecule has 1 fully saturated rings. The number of halogens is 1. The van der Waals surface area contributed by atoms with Crippen molar-refractivity contribution in [1.82, 2.24) is 4.90 Å². The molecule has 5 heteroatoms. The molecule has 1 amide bonds. The summed E-state index contributed by atoms with van der Waals surface area (Å²) in [6.07, 6.45) is -0.716. The lowest BCUT2D eigenvalue weighted by molar-refractivity contribution is -0.00976. The first-order valence-electron chi connectivity index (χ1n) is 5.78. The SMILES string of the molecule is CC1(C)COC(CO)N1C(=O)c1ccccc1F. The van der Waals surface area contributed by atoms with E-state index in [4.69, 9.17) is 4.74 Å². The van der Waals surface area contributed by atoms with Gasteiger partial charge in [-0.2, -0.15) is 0 Å². The number of carbonyl (C=O) groups is 1. The Morgan fingerprint density at radius 3 is 2.83 bits per heavy atom. The van der Waals surface area contributed by atoms with Gasteiger partial charge in [0.25, 0.3) is 5.91 Å². The summed E-state index contributed by atoms with van der Waals surface area (Å²) in [5.74, 6) is -1.03. The van der Waals surface area contributed by atoms with Gasteiger partial charge in [0, 0.05) is 0 Å². The van der Waals surface area contributed by atoms with Gasteiger partial charge in [-0.3, -0.25) is 4.79 Å². The van der Waals surface area contributed by atoms with Crippen LogP contribution in [0.5, 0.6) is 0 Å². The fourth-order valence-corrected chi connectivity index (χ4v) is 2.14. The average molecular weight is 253 g/mol. The molecule has 1 N–H and O–H groups in total. The third-order valence-corrected chi connectivity index (χ3v) is 3.05. The van der Waals surface area contributed by atoms with E-state index in [0.717, 1.165) is 0 Å². The number of carbonyl (C=O) groups excluding carboxylic acids is 1. The first kappa shape index (κ1) is 13.0. The summed E-state index contributed by atoms with van der Waals surface area (Å²) in [7, 11) is 0. The van der Waals surface area contributed by atoms with Crippen LogP contribution in [0.3, 0.4) is 0 Å². The second-order valence-corrected chi connectivity index (χ2v) is 4.92. The third-order valence-electron chi connectivity index (χ3n) is 3.05. The molecule has 4 nitrogen and oxygen atoms in total. The molecule has 0 spiro atoms. The van der Waals surface area contributed by atoms with E-state index in [-0.39, 0.29) is 12.2 Å². The number of amides is 1. The minimum atomic E-state index is -0.716. The largest absolute Gasteiger partial charge is 0.392 e. The Kier molecular flexibility index (Phi) is 3.36. The van der Waals surface area contributed by atoms with Gasteiger partial charge in [-0.05, 0) is 26.0 Å². The fourth-order valence-electron chi connectivity index (χ4n) is 2.14. The van der Waals surface area contributed by atoms with Crippen LogP contribution in [0.2, 0.25) is 0 Å². The number of hydrogen-bond acceptors (Lipinski definition) is 3. The van der Waals surface area contributed by atoms with Gasteiger partial charge in [-0.15, -0.1) is 0 Å². The van der Waals surface area contributed by atoms with E-state index in [2.05, 4.69) is 0 Å². The Bertz CT molecular complexity index is 461. The molecule has 1 saturated heterocycles. The van der Waals surface area contributed by atoms with Crippen LogP contribution in [0.25, 0.3) is 0 Å². The maximum atomic E-state index is 13.6. The minimum Gasteiger partial charge on any atom is -0.392 e. The van der Waals surface area contributed by atoms with Crippen molar-refractivity contribution < 1.29 is 19.0 Å². The molecule has 1 atom stereocenters. The van der Waals surface area contributed by atoms with Crippen molar-refractivity contribution in [3.63, 3.8) is 0 Å². The van der Waals surface area contributed by atoms with Gasteiger partial charge in [0.05, 0.1) is 24.3 Å². The van der Waals surface area contributed by atoms with Gasteiger partial charge in [-0.25, -0.2) is 4.39 Å². The fraction of sp³-hybridized carbons (Fsp3) is 0.462. The molecule has 1 unspecified atom stereocenters. The van der Waals surface area contributed by atoms with E-state index in [1.54, 1.807) is 6.07 Å². The van der Waals surface area contributed by atoms with Gasteiger partial charge in [0.2, 0.25) is 0 Å². The normalized spacial score (nSPS) is 22.2. The van der Waals surface area contributed by atoms with E-state index < -0.39 is 23.5 Å². The van der Waals surface area contributed by atoms with Crippen molar-refractivity contribution in [3.8, 4) is 0 Å². The highest BCUT2D eigenvalue weighted by Crippen LogP contribution is 2.29. The lowest BCUT2D eigenvalue weighted by Gasteiger charge is -2.32. The zero-order chi connectivity index (χ0) is 13.3. The summed E-state index contributed by atoms with van der Waals surface area (Å²) in [6.45, 7) is 3.66. The van der Waals surface area contributed by atoms with Crippen molar-refractivity contribution in [1.29, 1.82) is 0 Å². The predicted octanol–water partition coefficient (Wildman–Crippen LogP) is 1.40. The zero-order valence-corrected chi connectivity index (χ0v) is 10.4. The number of aliphatic hydroxyl groups is 1. The van der Waals surface area contributed by atoms with Gasteiger partial charge in [0.1, 0.15) is 5.82 Å². The first-order chi connectivity index (χ1) is 8.47. The molecule has 0 aromatic heterocycles. The number of benzene rings is 1. The Labute approximate surface area is 105 Å². The monoisotopic (exact) mass is 253 g/mol. The number of rotatable bonds is 2.